The molecule has 1 aromatic heterocycles. The lowest BCUT2D eigenvalue weighted by Gasteiger charge is -2.12. The van der Waals surface area contributed by atoms with Crippen molar-refractivity contribution in [2.45, 2.75) is 25.5 Å². The molecule has 1 amide bonds. The summed E-state index contributed by atoms with van der Waals surface area (Å²) in [4.78, 5) is 28.5. The minimum Gasteiger partial charge on any atom is -0.324 e. The smallest absolute Gasteiger partial charge is 0.254 e. The van der Waals surface area contributed by atoms with Gasteiger partial charge in [-0.05, 0) is 37.8 Å². The van der Waals surface area contributed by atoms with Crippen molar-refractivity contribution in [1.82, 2.24) is 9.55 Å². The first-order chi connectivity index (χ1) is 10.4. The molecule has 1 heterocycles. The van der Waals surface area contributed by atoms with Crippen LogP contribution < -0.4 is 10.9 Å². The van der Waals surface area contributed by atoms with Crippen molar-refractivity contribution < 1.29 is 4.79 Å². The standard InChI is InChI=1S/C15H16ClN3O2S/c1-9-7-14(21)19(15(17-9)22-3)8-13(20)18-12-6-4-5-11(16)10(12)2/h4-7H,8H2,1-3H3,(H,18,20). The highest BCUT2D eigenvalue weighted by atomic mass is 35.5. The quantitative estimate of drug-likeness (QED) is 0.688. The molecule has 0 bridgehead atoms. The molecule has 0 saturated heterocycles. The van der Waals surface area contributed by atoms with Gasteiger partial charge >= 0.3 is 0 Å². The minimum absolute atomic E-state index is 0.0890. The largest absolute Gasteiger partial charge is 0.324 e. The van der Waals surface area contributed by atoms with Gasteiger partial charge in [-0.3, -0.25) is 14.2 Å². The lowest BCUT2D eigenvalue weighted by Crippen LogP contribution is -2.29. The summed E-state index contributed by atoms with van der Waals surface area (Å²) >= 11 is 7.36. The maximum absolute atomic E-state index is 12.2. The molecular formula is C15H16ClN3O2S. The Labute approximate surface area is 137 Å². The Bertz CT molecular complexity index is 774. The average Bonchev–Trinajstić information content (AvgIpc) is 2.46. The van der Waals surface area contributed by atoms with Crippen molar-refractivity contribution in [3.05, 3.63) is 50.9 Å². The van der Waals surface area contributed by atoms with E-state index in [2.05, 4.69) is 10.3 Å². The average molecular weight is 338 g/mol. The van der Waals surface area contributed by atoms with Gasteiger partial charge < -0.3 is 5.32 Å². The fraction of sp³-hybridized carbons (Fsp3) is 0.267. The zero-order valence-electron chi connectivity index (χ0n) is 12.5. The first kappa shape index (κ1) is 16.6. The fourth-order valence-corrected chi connectivity index (χ4v) is 2.76. The molecule has 2 rings (SSSR count). The Morgan fingerprint density at radius 3 is 2.82 bits per heavy atom. The van der Waals surface area contributed by atoms with Gasteiger partial charge in [-0.25, -0.2) is 4.98 Å². The van der Waals surface area contributed by atoms with Crippen LogP contribution in [0.15, 0.2) is 34.2 Å². The van der Waals surface area contributed by atoms with Crippen molar-refractivity contribution in [2.75, 3.05) is 11.6 Å². The molecule has 5 nitrogen and oxygen atoms in total. The third kappa shape index (κ3) is 3.69. The number of carbonyl (C=O) groups excluding carboxylic acids is 1. The molecule has 0 spiro atoms. The molecule has 0 aliphatic rings. The van der Waals surface area contributed by atoms with E-state index in [4.69, 9.17) is 11.6 Å². The van der Waals surface area contributed by atoms with E-state index in [0.717, 1.165) is 5.56 Å². The first-order valence-corrected chi connectivity index (χ1v) is 8.20. The van der Waals surface area contributed by atoms with Gasteiger partial charge in [-0.2, -0.15) is 0 Å². The molecule has 1 aromatic carbocycles. The second-order valence-electron chi connectivity index (χ2n) is 4.77. The van der Waals surface area contributed by atoms with Crippen LogP contribution >= 0.6 is 23.4 Å². The van der Waals surface area contributed by atoms with E-state index in [1.807, 2.05) is 13.2 Å². The maximum atomic E-state index is 12.2. The molecule has 0 fully saturated rings. The van der Waals surface area contributed by atoms with Crippen molar-refractivity contribution in [1.29, 1.82) is 0 Å². The second-order valence-corrected chi connectivity index (χ2v) is 5.95. The highest BCUT2D eigenvalue weighted by molar-refractivity contribution is 7.98. The number of benzene rings is 1. The number of nitrogens with one attached hydrogen (secondary N) is 1. The molecule has 0 radical (unpaired) electrons. The summed E-state index contributed by atoms with van der Waals surface area (Å²) in [6.45, 7) is 3.49. The van der Waals surface area contributed by atoms with Crippen LogP contribution in [0.2, 0.25) is 5.02 Å². The van der Waals surface area contributed by atoms with Crippen LogP contribution in [-0.4, -0.2) is 21.7 Å². The number of halogens is 1. The number of carbonyl (C=O) groups is 1. The van der Waals surface area contributed by atoms with E-state index in [1.54, 1.807) is 25.1 Å². The topological polar surface area (TPSA) is 64.0 Å². The Morgan fingerprint density at radius 2 is 2.14 bits per heavy atom. The summed E-state index contributed by atoms with van der Waals surface area (Å²) in [5.41, 5.74) is 1.82. The SMILES string of the molecule is CSc1nc(C)cc(=O)n1CC(=O)Nc1cccc(Cl)c1C. The van der Waals surface area contributed by atoms with Gasteiger partial charge in [-0.1, -0.05) is 29.4 Å². The number of aromatic nitrogens is 2. The van der Waals surface area contributed by atoms with Crippen molar-refractivity contribution in [3.8, 4) is 0 Å². The van der Waals surface area contributed by atoms with Gasteiger partial charge in [0.25, 0.3) is 5.56 Å². The first-order valence-electron chi connectivity index (χ1n) is 6.60. The predicted octanol–water partition coefficient (Wildman–Crippen LogP) is 2.87. The molecule has 0 atom stereocenters. The molecule has 7 heteroatoms. The fourth-order valence-electron chi connectivity index (χ4n) is 1.97. The molecule has 0 aliphatic carbocycles. The Balaban J connectivity index is 2.23. The summed E-state index contributed by atoms with van der Waals surface area (Å²) in [6, 6.07) is 6.70. The van der Waals surface area contributed by atoms with Gasteiger partial charge in [0.2, 0.25) is 5.91 Å². The van der Waals surface area contributed by atoms with Gasteiger partial charge in [0.1, 0.15) is 6.54 Å². The zero-order chi connectivity index (χ0) is 16.3. The van der Waals surface area contributed by atoms with Crippen LogP contribution in [-0.2, 0) is 11.3 Å². The maximum Gasteiger partial charge on any atom is 0.254 e. The normalized spacial score (nSPS) is 10.5. The van der Waals surface area contributed by atoms with Gasteiger partial charge in [0.15, 0.2) is 5.16 Å². The number of rotatable bonds is 4. The van der Waals surface area contributed by atoms with E-state index in [0.29, 0.717) is 21.6 Å². The number of hydrogen-bond acceptors (Lipinski definition) is 4. The zero-order valence-corrected chi connectivity index (χ0v) is 14.1. The summed E-state index contributed by atoms with van der Waals surface area (Å²) in [5, 5.41) is 3.87. The summed E-state index contributed by atoms with van der Waals surface area (Å²) < 4.78 is 1.35. The highest BCUT2D eigenvalue weighted by Crippen LogP contribution is 2.23. The number of anilines is 1. The van der Waals surface area contributed by atoms with Gasteiger partial charge in [0.05, 0.1) is 0 Å². The second kappa shape index (κ2) is 6.98. The Hall–Kier alpha value is -1.79. The van der Waals surface area contributed by atoms with Crippen LogP contribution in [0.25, 0.3) is 0 Å². The Kier molecular flexibility index (Phi) is 5.26. The monoisotopic (exact) mass is 337 g/mol. The van der Waals surface area contributed by atoms with Crippen LogP contribution in [0.1, 0.15) is 11.3 Å². The van der Waals surface area contributed by atoms with Crippen LogP contribution in [0.3, 0.4) is 0 Å². The van der Waals surface area contributed by atoms with Crippen molar-refractivity contribution in [3.63, 3.8) is 0 Å². The van der Waals surface area contributed by atoms with Crippen molar-refractivity contribution >= 4 is 35.0 Å². The van der Waals surface area contributed by atoms with Crippen molar-refractivity contribution in [2.24, 2.45) is 0 Å². The van der Waals surface area contributed by atoms with Crippen LogP contribution in [0, 0.1) is 13.8 Å². The molecule has 116 valence electrons. The number of hydrogen-bond donors (Lipinski definition) is 1. The number of amides is 1. The van der Waals surface area contributed by atoms with E-state index in [9.17, 15) is 9.59 Å². The number of aryl methyl sites for hydroxylation is 1. The molecule has 22 heavy (non-hydrogen) atoms. The molecule has 0 saturated carbocycles. The van der Waals surface area contributed by atoms with E-state index in [-0.39, 0.29) is 18.0 Å². The van der Waals surface area contributed by atoms with E-state index in [1.165, 1.54) is 22.4 Å². The lowest BCUT2D eigenvalue weighted by atomic mass is 10.2. The summed E-state index contributed by atoms with van der Waals surface area (Å²) in [7, 11) is 0. The summed E-state index contributed by atoms with van der Waals surface area (Å²) in [6.07, 6.45) is 1.82. The highest BCUT2D eigenvalue weighted by Gasteiger charge is 2.12. The van der Waals surface area contributed by atoms with Gasteiger partial charge in [-0.15, -0.1) is 0 Å². The third-order valence-corrected chi connectivity index (χ3v) is 4.21. The predicted molar refractivity (Wildman–Crippen MR) is 89.8 cm³/mol. The molecule has 2 aromatic rings. The Morgan fingerprint density at radius 1 is 1.41 bits per heavy atom. The molecular weight excluding hydrogens is 322 g/mol. The molecule has 0 unspecified atom stereocenters. The minimum atomic E-state index is -0.298. The summed E-state index contributed by atoms with van der Waals surface area (Å²) in [5.74, 6) is -0.298. The number of nitrogens with zero attached hydrogens (tertiary/aromatic N) is 2. The lowest BCUT2D eigenvalue weighted by molar-refractivity contribution is -0.116. The van der Waals surface area contributed by atoms with E-state index < -0.39 is 0 Å². The van der Waals surface area contributed by atoms with Gasteiger partial charge in [0, 0.05) is 22.5 Å². The van der Waals surface area contributed by atoms with E-state index >= 15 is 0 Å². The molecule has 1 N–H and O–H groups in total. The van der Waals surface area contributed by atoms with Crippen LogP contribution in [0.5, 0.6) is 0 Å². The number of thioether (sulfide) groups is 1. The van der Waals surface area contributed by atoms with Crippen LogP contribution in [0.4, 0.5) is 5.69 Å². The molecule has 0 aliphatic heterocycles. The third-order valence-electron chi connectivity index (χ3n) is 3.13.